The molecule has 0 N–H and O–H groups in total. The van der Waals surface area contributed by atoms with Gasteiger partial charge in [0.05, 0.1) is 31.2 Å². The molecule has 0 bridgehead atoms. The van der Waals surface area contributed by atoms with Crippen molar-refractivity contribution in [3.63, 3.8) is 0 Å². The Balaban J connectivity index is 2.30. The Morgan fingerprint density at radius 2 is 2.26 bits per heavy atom. The predicted octanol–water partition coefficient (Wildman–Crippen LogP) is 0.855. The summed E-state index contributed by atoms with van der Waals surface area (Å²) < 4.78 is 6.37. The minimum absolute atomic E-state index is 0.272. The van der Waals surface area contributed by atoms with Crippen LogP contribution in [0, 0.1) is 0 Å². The van der Waals surface area contributed by atoms with Crippen LogP contribution in [0.15, 0.2) is 18.6 Å². The molecule has 2 aromatic heterocycles. The Hall–Kier alpha value is -2.31. The van der Waals surface area contributed by atoms with Crippen LogP contribution < -0.4 is 0 Å². The molecule has 0 fully saturated rings. The molecule has 0 aliphatic carbocycles. The number of nitrogens with zero attached hydrogens (tertiary/aromatic N) is 5. The summed E-state index contributed by atoms with van der Waals surface area (Å²) >= 11 is 0. The van der Waals surface area contributed by atoms with Gasteiger partial charge >= 0.3 is 5.97 Å². The van der Waals surface area contributed by atoms with Crippen LogP contribution in [0.3, 0.4) is 0 Å². The lowest BCUT2D eigenvalue weighted by atomic mass is 10.2. The minimum Gasteiger partial charge on any atom is -0.464 e. The first kappa shape index (κ1) is 13.1. The van der Waals surface area contributed by atoms with Crippen molar-refractivity contribution >= 4 is 5.97 Å². The summed E-state index contributed by atoms with van der Waals surface area (Å²) in [6.45, 7) is 2.47. The molecule has 0 atom stereocenters. The first-order chi connectivity index (χ1) is 9.26. The van der Waals surface area contributed by atoms with E-state index in [-0.39, 0.29) is 5.69 Å². The van der Waals surface area contributed by atoms with E-state index in [9.17, 15) is 4.79 Å². The van der Waals surface area contributed by atoms with Crippen molar-refractivity contribution in [2.45, 2.75) is 26.3 Å². The number of carbonyl (C=O) groups is 1. The Morgan fingerprint density at radius 1 is 1.42 bits per heavy atom. The molecule has 0 unspecified atom stereocenters. The van der Waals surface area contributed by atoms with Gasteiger partial charge in [-0.05, 0) is 6.42 Å². The van der Waals surface area contributed by atoms with Crippen LogP contribution in [0.25, 0.3) is 0 Å². The van der Waals surface area contributed by atoms with Gasteiger partial charge in [-0.2, -0.15) is 0 Å². The number of hydrogen-bond donors (Lipinski definition) is 0. The van der Waals surface area contributed by atoms with Gasteiger partial charge in [0, 0.05) is 12.4 Å². The van der Waals surface area contributed by atoms with Crippen LogP contribution in [-0.4, -0.2) is 38.0 Å². The average Bonchev–Trinajstić information content (AvgIpc) is 2.83. The largest absolute Gasteiger partial charge is 0.464 e. The van der Waals surface area contributed by atoms with Crippen molar-refractivity contribution in [3.8, 4) is 0 Å². The second-order valence-corrected chi connectivity index (χ2v) is 3.98. The Morgan fingerprint density at radius 3 is 2.89 bits per heavy atom. The van der Waals surface area contributed by atoms with Crippen molar-refractivity contribution in [1.29, 1.82) is 0 Å². The highest BCUT2D eigenvalue weighted by molar-refractivity contribution is 5.88. The number of esters is 1. The molecule has 0 saturated heterocycles. The molecule has 2 heterocycles. The number of rotatable bonds is 5. The molecular formula is C12H15N5O2. The van der Waals surface area contributed by atoms with Crippen molar-refractivity contribution < 1.29 is 9.53 Å². The van der Waals surface area contributed by atoms with E-state index in [0.29, 0.717) is 13.0 Å². The van der Waals surface area contributed by atoms with E-state index in [4.69, 9.17) is 4.74 Å². The summed E-state index contributed by atoms with van der Waals surface area (Å²) in [5.41, 5.74) is 1.80. The summed E-state index contributed by atoms with van der Waals surface area (Å²) in [7, 11) is 1.33. The van der Waals surface area contributed by atoms with Gasteiger partial charge in [0.25, 0.3) is 0 Å². The molecule has 0 aliphatic rings. The van der Waals surface area contributed by atoms with Gasteiger partial charge in [-0.3, -0.25) is 9.97 Å². The summed E-state index contributed by atoms with van der Waals surface area (Å²) in [5, 5.41) is 7.89. The fourth-order valence-corrected chi connectivity index (χ4v) is 1.76. The van der Waals surface area contributed by atoms with E-state index in [1.165, 1.54) is 7.11 Å². The summed E-state index contributed by atoms with van der Waals surface area (Å²) in [5.74, 6) is -0.464. The van der Waals surface area contributed by atoms with Crippen LogP contribution >= 0.6 is 0 Å². The lowest BCUT2D eigenvalue weighted by Crippen LogP contribution is -2.11. The van der Waals surface area contributed by atoms with Gasteiger partial charge in [-0.15, -0.1) is 5.10 Å². The maximum Gasteiger partial charge on any atom is 0.360 e. The van der Waals surface area contributed by atoms with Crippen LogP contribution in [0.5, 0.6) is 0 Å². The Kier molecular flexibility index (Phi) is 4.17. The highest BCUT2D eigenvalue weighted by Gasteiger charge is 2.19. The highest BCUT2D eigenvalue weighted by atomic mass is 16.5. The van der Waals surface area contributed by atoms with E-state index in [0.717, 1.165) is 17.8 Å². The van der Waals surface area contributed by atoms with E-state index in [1.807, 2.05) is 6.92 Å². The van der Waals surface area contributed by atoms with Gasteiger partial charge in [0.2, 0.25) is 0 Å². The third-order valence-electron chi connectivity index (χ3n) is 2.63. The zero-order valence-electron chi connectivity index (χ0n) is 10.9. The fourth-order valence-electron chi connectivity index (χ4n) is 1.76. The molecule has 2 aromatic rings. The third-order valence-corrected chi connectivity index (χ3v) is 2.63. The van der Waals surface area contributed by atoms with Crippen LogP contribution in [0.2, 0.25) is 0 Å². The molecule has 0 radical (unpaired) electrons. The summed E-state index contributed by atoms with van der Waals surface area (Å²) in [6, 6.07) is 0. The maximum absolute atomic E-state index is 11.6. The monoisotopic (exact) mass is 261 g/mol. The number of methoxy groups -OCH3 is 1. The molecule has 0 aromatic carbocycles. The van der Waals surface area contributed by atoms with Crippen molar-refractivity contribution in [1.82, 2.24) is 25.0 Å². The first-order valence-electron chi connectivity index (χ1n) is 6.01. The molecule has 7 heteroatoms. The molecule has 0 spiro atoms. The third kappa shape index (κ3) is 2.93. The van der Waals surface area contributed by atoms with Crippen molar-refractivity contribution in [2.24, 2.45) is 0 Å². The molecule has 19 heavy (non-hydrogen) atoms. The lowest BCUT2D eigenvalue weighted by Gasteiger charge is -2.05. The number of ether oxygens (including phenoxy) is 1. The first-order valence-corrected chi connectivity index (χ1v) is 6.01. The molecular weight excluding hydrogens is 246 g/mol. The molecule has 2 rings (SSSR count). The Bertz CT molecular complexity index is 553. The van der Waals surface area contributed by atoms with E-state index in [2.05, 4.69) is 20.3 Å². The Labute approximate surface area is 110 Å². The quantitative estimate of drug-likeness (QED) is 0.742. The summed E-state index contributed by atoms with van der Waals surface area (Å²) in [4.78, 5) is 19.8. The highest BCUT2D eigenvalue weighted by Crippen LogP contribution is 2.11. The van der Waals surface area contributed by atoms with Crippen molar-refractivity contribution in [3.05, 3.63) is 35.7 Å². The van der Waals surface area contributed by atoms with Crippen molar-refractivity contribution in [2.75, 3.05) is 7.11 Å². The standard InChI is InChI=1S/C12H15N5O2/c1-3-4-10-11(12(18)19-2)15-16-17(10)8-9-7-13-5-6-14-9/h5-7H,3-4,8H2,1-2H3. The minimum atomic E-state index is -0.464. The molecule has 0 aliphatic heterocycles. The fraction of sp³-hybridized carbons (Fsp3) is 0.417. The smallest absolute Gasteiger partial charge is 0.360 e. The van der Waals surface area contributed by atoms with Crippen LogP contribution in [0.4, 0.5) is 0 Å². The molecule has 100 valence electrons. The van der Waals surface area contributed by atoms with E-state index >= 15 is 0 Å². The maximum atomic E-state index is 11.6. The lowest BCUT2D eigenvalue weighted by molar-refractivity contribution is 0.0592. The van der Waals surface area contributed by atoms with E-state index in [1.54, 1.807) is 23.3 Å². The zero-order valence-corrected chi connectivity index (χ0v) is 10.9. The molecule has 0 amide bonds. The van der Waals surface area contributed by atoms with Gasteiger partial charge in [-0.1, -0.05) is 18.6 Å². The van der Waals surface area contributed by atoms with Crippen LogP contribution in [-0.2, 0) is 17.7 Å². The SMILES string of the molecule is CCCc1c(C(=O)OC)nnn1Cc1cnccn1. The van der Waals surface area contributed by atoms with Gasteiger partial charge in [0.15, 0.2) is 5.69 Å². The topological polar surface area (TPSA) is 82.8 Å². The van der Waals surface area contributed by atoms with Gasteiger partial charge in [0.1, 0.15) is 0 Å². The number of carbonyl (C=O) groups excluding carboxylic acids is 1. The number of aromatic nitrogens is 5. The van der Waals surface area contributed by atoms with Crippen LogP contribution in [0.1, 0.15) is 35.2 Å². The second kappa shape index (κ2) is 6.03. The van der Waals surface area contributed by atoms with Gasteiger partial charge in [-0.25, -0.2) is 9.48 Å². The number of hydrogen-bond acceptors (Lipinski definition) is 6. The van der Waals surface area contributed by atoms with Gasteiger partial charge < -0.3 is 4.74 Å². The summed E-state index contributed by atoms with van der Waals surface area (Å²) in [6.07, 6.45) is 6.48. The molecule has 7 nitrogen and oxygen atoms in total. The average molecular weight is 261 g/mol. The second-order valence-electron chi connectivity index (χ2n) is 3.98. The zero-order chi connectivity index (χ0) is 13.7. The van der Waals surface area contributed by atoms with E-state index < -0.39 is 5.97 Å². The molecule has 0 saturated carbocycles. The predicted molar refractivity (Wildman–Crippen MR) is 66.5 cm³/mol. The normalized spacial score (nSPS) is 10.4.